The van der Waals surface area contributed by atoms with E-state index in [0.717, 1.165) is 25.5 Å². The average Bonchev–Trinajstić information content (AvgIpc) is 2.56. The van der Waals surface area contributed by atoms with Gasteiger partial charge in [0.15, 0.2) is 0 Å². The van der Waals surface area contributed by atoms with Crippen LogP contribution in [0.1, 0.15) is 38.5 Å². The van der Waals surface area contributed by atoms with Crippen molar-refractivity contribution in [3.63, 3.8) is 0 Å². The van der Waals surface area contributed by atoms with Gasteiger partial charge < -0.3 is 9.84 Å². The highest BCUT2D eigenvalue weighted by Gasteiger charge is 2.44. The van der Waals surface area contributed by atoms with Crippen molar-refractivity contribution < 1.29 is 32.6 Å². The summed E-state index contributed by atoms with van der Waals surface area (Å²) in [4.78, 5) is 36.3. The summed E-state index contributed by atoms with van der Waals surface area (Å²) in [5, 5.41) is 9.43. The van der Waals surface area contributed by atoms with Gasteiger partial charge in [-0.2, -0.15) is 0 Å². The molecule has 1 saturated heterocycles. The molecule has 148 valence electrons. The number of carbonyl (C=O) groups is 3. The van der Waals surface area contributed by atoms with Crippen LogP contribution >= 0.6 is 0 Å². The number of rotatable bonds is 5. The Hall–Kier alpha value is -1.84. The first-order valence-electron chi connectivity index (χ1n) is 8.68. The number of amides is 2. The summed E-state index contributed by atoms with van der Waals surface area (Å²) in [5.74, 6) is -0.901. The Morgan fingerprint density at radius 3 is 2.46 bits per heavy atom. The molecule has 2 amide bonds. The lowest BCUT2D eigenvalue weighted by molar-refractivity contribution is -0.146. The minimum Gasteiger partial charge on any atom is -0.480 e. The number of likely N-dealkylation sites (tertiary alicyclic amines) is 1. The second kappa shape index (κ2) is 8.24. The fourth-order valence-corrected chi connectivity index (χ4v) is 4.67. The SMILES string of the molecule is COC(=O)N1CC2CCC(CCC(=O)NS(C)(=O)=O)CC2CC1C(=O)O. The van der Waals surface area contributed by atoms with Crippen LogP contribution in [0.2, 0.25) is 0 Å². The molecule has 2 aliphatic rings. The van der Waals surface area contributed by atoms with Crippen LogP contribution in [0, 0.1) is 17.8 Å². The van der Waals surface area contributed by atoms with Crippen LogP contribution in [0.25, 0.3) is 0 Å². The number of piperidine rings is 1. The molecular weight excluding hydrogens is 364 g/mol. The van der Waals surface area contributed by atoms with Crippen molar-refractivity contribution in [2.75, 3.05) is 19.9 Å². The minimum absolute atomic E-state index is 0.131. The normalized spacial score (nSPS) is 28.8. The number of ether oxygens (including phenoxy) is 1. The number of carbonyl (C=O) groups excluding carboxylic acids is 2. The summed E-state index contributed by atoms with van der Waals surface area (Å²) in [5.41, 5.74) is 0. The van der Waals surface area contributed by atoms with Gasteiger partial charge in [0.2, 0.25) is 15.9 Å². The van der Waals surface area contributed by atoms with Crippen molar-refractivity contribution in [1.29, 1.82) is 0 Å². The molecule has 2 rings (SSSR count). The molecule has 0 aromatic heterocycles. The molecule has 0 spiro atoms. The standard InChI is InChI=1S/C16H26N2O7S/c1-25-16(22)18-9-11-5-3-10(4-6-14(19)17-26(2,23)24)7-12(11)8-13(18)15(20)21/h10-13H,3-9H2,1-2H3,(H,17,19)(H,20,21). The number of hydrogen-bond donors (Lipinski definition) is 2. The number of carboxylic acids is 1. The second-order valence-electron chi connectivity index (χ2n) is 7.25. The Morgan fingerprint density at radius 1 is 1.19 bits per heavy atom. The van der Waals surface area contributed by atoms with Crippen molar-refractivity contribution in [3.05, 3.63) is 0 Å². The van der Waals surface area contributed by atoms with E-state index in [0.29, 0.717) is 19.4 Å². The molecule has 2 fully saturated rings. The number of nitrogens with zero attached hydrogens (tertiary/aromatic N) is 1. The van der Waals surface area contributed by atoms with Crippen LogP contribution in [-0.2, 0) is 24.3 Å². The third-order valence-corrected chi connectivity index (χ3v) is 5.95. The molecule has 1 heterocycles. The number of fused-ring (bicyclic) bond motifs is 1. The Bertz CT molecular complexity index is 664. The summed E-state index contributed by atoms with van der Waals surface area (Å²) in [7, 11) is -2.30. The molecule has 10 heteroatoms. The molecule has 26 heavy (non-hydrogen) atoms. The lowest BCUT2D eigenvalue weighted by atomic mass is 9.68. The number of methoxy groups -OCH3 is 1. The van der Waals surface area contributed by atoms with E-state index in [1.54, 1.807) is 0 Å². The maximum absolute atomic E-state index is 11.9. The van der Waals surface area contributed by atoms with Crippen molar-refractivity contribution in [2.24, 2.45) is 17.8 Å². The molecule has 4 unspecified atom stereocenters. The van der Waals surface area contributed by atoms with Crippen molar-refractivity contribution in [2.45, 2.75) is 44.6 Å². The minimum atomic E-state index is -3.54. The first-order chi connectivity index (χ1) is 12.1. The molecule has 9 nitrogen and oxygen atoms in total. The smallest absolute Gasteiger partial charge is 0.410 e. The van der Waals surface area contributed by atoms with Crippen molar-refractivity contribution in [1.82, 2.24) is 9.62 Å². The number of aliphatic carboxylic acids is 1. The maximum Gasteiger partial charge on any atom is 0.410 e. The fraction of sp³-hybridized carbons (Fsp3) is 0.812. The predicted octanol–water partition coefficient (Wildman–Crippen LogP) is 0.800. The summed E-state index contributed by atoms with van der Waals surface area (Å²) in [6, 6.07) is -0.893. The maximum atomic E-state index is 11.9. The van der Waals surface area contributed by atoms with Gasteiger partial charge in [-0.15, -0.1) is 0 Å². The van der Waals surface area contributed by atoms with Gasteiger partial charge in [-0.25, -0.2) is 18.0 Å². The second-order valence-corrected chi connectivity index (χ2v) is 9.00. The Kier molecular flexibility index (Phi) is 6.48. The van der Waals surface area contributed by atoms with Crippen LogP contribution in [-0.4, -0.2) is 62.3 Å². The van der Waals surface area contributed by atoms with Crippen molar-refractivity contribution in [3.8, 4) is 0 Å². The number of sulfonamides is 1. The molecule has 2 N–H and O–H groups in total. The third kappa shape index (κ3) is 5.33. The summed E-state index contributed by atoms with van der Waals surface area (Å²) in [6.07, 6.45) is 3.92. The van der Waals surface area contributed by atoms with E-state index < -0.39 is 34.0 Å². The molecule has 1 aliphatic carbocycles. The average molecular weight is 390 g/mol. The molecule has 0 aromatic rings. The topological polar surface area (TPSA) is 130 Å². The van der Waals surface area contributed by atoms with Gasteiger partial charge in [0.25, 0.3) is 0 Å². The Balaban J connectivity index is 1.92. The van der Waals surface area contributed by atoms with Crippen LogP contribution in [0.15, 0.2) is 0 Å². The third-order valence-electron chi connectivity index (χ3n) is 5.35. The zero-order valence-corrected chi connectivity index (χ0v) is 15.8. The van der Waals surface area contributed by atoms with Gasteiger partial charge in [0.1, 0.15) is 6.04 Å². The summed E-state index contributed by atoms with van der Waals surface area (Å²) < 4.78 is 28.8. The van der Waals surface area contributed by atoms with Gasteiger partial charge in [0.05, 0.1) is 13.4 Å². The first kappa shape index (κ1) is 20.5. The number of carboxylic acid groups (broad SMARTS) is 1. The van der Waals surface area contributed by atoms with Gasteiger partial charge in [-0.1, -0.05) is 6.42 Å². The molecule has 0 aromatic carbocycles. The summed E-state index contributed by atoms with van der Waals surface area (Å²) >= 11 is 0. The lowest BCUT2D eigenvalue weighted by Crippen LogP contribution is -2.54. The first-order valence-corrected chi connectivity index (χ1v) is 10.6. The summed E-state index contributed by atoms with van der Waals surface area (Å²) in [6.45, 7) is 0.371. The quantitative estimate of drug-likeness (QED) is 0.710. The zero-order valence-electron chi connectivity index (χ0n) is 15.0. The fourth-order valence-electron chi connectivity index (χ4n) is 4.16. The van der Waals surface area contributed by atoms with Gasteiger partial charge >= 0.3 is 12.1 Å². The van der Waals surface area contributed by atoms with Gasteiger partial charge in [-0.3, -0.25) is 14.4 Å². The molecule has 4 atom stereocenters. The van der Waals surface area contributed by atoms with E-state index in [1.807, 2.05) is 4.72 Å². The number of nitrogens with one attached hydrogen (secondary N) is 1. The molecule has 0 radical (unpaired) electrons. The molecular formula is C16H26N2O7S. The number of hydrogen-bond acceptors (Lipinski definition) is 6. The van der Waals surface area contributed by atoms with Crippen LogP contribution in [0.5, 0.6) is 0 Å². The van der Waals surface area contributed by atoms with Crippen LogP contribution < -0.4 is 4.72 Å². The highest BCUT2D eigenvalue weighted by Crippen LogP contribution is 2.42. The van der Waals surface area contributed by atoms with E-state index in [9.17, 15) is 27.9 Å². The Labute approximate surface area is 153 Å². The van der Waals surface area contributed by atoms with E-state index in [1.165, 1.54) is 12.0 Å². The molecule has 1 saturated carbocycles. The lowest BCUT2D eigenvalue weighted by Gasteiger charge is -2.45. The Morgan fingerprint density at radius 2 is 1.88 bits per heavy atom. The highest BCUT2D eigenvalue weighted by atomic mass is 32.2. The largest absolute Gasteiger partial charge is 0.480 e. The highest BCUT2D eigenvalue weighted by molar-refractivity contribution is 7.89. The van der Waals surface area contributed by atoms with Crippen LogP contribution in [0.4, 0.5) is 4.79 Å². The molecule has 1 aliphatic heterocycles. The van der Waals surface area contributed by atoms with Crippen molar-refractivity contribution >= 4 is 28.0 Å². The monoisotopic (exact) mass is 390 g/mol. The zero-order chi connectivity index (χ0) is 19.5. The van der Waals surface area contributed by atoms with E-state index >= 15 is 0 Å². The van der Waals surface area contributed by atoms with Gasteiger partial charge in [0, 0.05) is 13.0 Å². The van der Waals surface area contributed by atoms with E-state index in [4.69, 9.17) is 4.74 Å². The van der Waals surface area contributed by atoms with Crippen LogP contribution in [0.3, 0.4) is 0 Å². The molecule has 0 bridgehead atoms. The predicted molar refractivity (Wildman–Crippen MR) is 91.7 cm³/mol. The van der Waals surface area contributed by atoms with E-state index in [-0.39, 0.29) is 24.2 Å². The van der Waals surface area contributed by atoms with Gasteiger partial charge in [-0.05, 0) is 43.4 Å². The van der Waals surface area contributed by atoms with E-state index in [2.05, 4.69) is 0 Å².